The summed E-state index contributed by atoms with van der Waals surface area (Å²) in [5.74, 6) is -2.05. The molecule has 0 aliphatic rings. The van der Waals surface area contributed by atoms with E-state index in [9.17, 15) is 18.9 Å². The predicted octanol–water partition coefficient (Wildman–Crippen LogP) is 2.55. The van der Waals surface area contributed by atoms with Crippen molar-refractivity contribution in [3.63, 3.8) is 0 Å². The molecule has 1 heterocycles. The zero-order valence-corrected chi connectivity index (χ0v) is 8.43. The highest BCUT2D eigenvalue weighted by Gasteiger charge is 2.16. The van der Waals surface area contributed by atoms with Gasteiger partial charge >= 0.3 is 0 Å². The van der Waals surface area contributed by atoms with Gasteiger partial charge in [-0.05, 0) is 12.1 Å². The smallest absolute Gasteiger partial charge is 0.275 e. The number of nitro benzene ring substituents is 1. The van der Waals surface area contributed by atoms with Gasteiger partial charge in [-0.2, -0.15) is 0 Å². The highest BCUT2D eigenvalue weighted by molar-refractivity contribution is 5.51. The summed E-state index contributed by atoms with van der Waals surface area (Å²) < 4.78 is 28.2. The van der Waals surface area contributed by atoms with Crippen LogP contribution in [0, 0.1) is 21.7 Å². The zero-order valence-electron chi connectivity index (χ0n) is 8.43. The Morgan fingerprint density at radius 3 is 2.18 bits per heavy atom. The zero-order chi connectivity index (χ0) is 12.4. The summed E-state index contributed by atoms with van der Waals surface area (Å²) in [6, 6.07) is 4.65. The molecule has 88 valence electrons. The van der Waals surface area contributed by atoms with Crippen LogP contribution in [-0.4, -0.2) is 9.60 Å². The Morgan fingerprint density at radius 1 is 1.18 bits per heavy atom. The van der Waals surface area contributed by atoms with Crippen LogP contribution in [-0.2, 0) is 0 Å². The summed E-state index contributed by atoms with van der Waals surface area (Å²) in [6.07, 6.45) is 3.08. The van der Waals surface area contributed by atoms with Gasteiger partial charge in [-0.25, -0.2) is 8.78 Å². The first kappa shape index (κ1) is 11.1. The Balaban J connectivity index is 2.38. The van der Waals surface area contributed by atoms with Crippen LogP contribution in [0.25, 0.3) is 0 Å². The maximum atomic E-state index is 13.4. The minimum atomic E-state index is -1.02. The number of hydrogen-bond donors (Lipinski definition) is 1. The molecule has 0 aliphatic carbocycles. The first-order chi connectivity index (χ1) is 8.08. The lowest BCUT2D eigenvalue weighted by Crippen LogP contribution is -2.09. The molecule has 17 heavy (non-hydrogen) atoms. The summed E-state index contributed by atoms with van der Waals surface area (Å²) in [5, 5.41) is 10.4. The van der Waals surface area contributed by atoms with Crippen LogP contribution in [0.5, 0.6) is 0 Å². The van der Waals surface area contributed by atoms with E-state index in [2.05, 4.69) is 5.43 Å². The van der Waals surface area contributed by atoms with Crippen LogP contribution in [0.4, 0.5) is 20.2 Å². The molecule has 0 bridgehead atoms. The monoisotopic (exact) mass is 239 g/mol. The molecule has 1 aromatic heterocycles. The second-order valence-corrected chi connectivity index (χ2v) is 3.24. The molecule has 0 fully saturated rings. The molecule has 0 amide bonds. The highest BCUT2D eigenvalue weighted by Crippen LogP contribution is 2.24. The quantitative estimate of drug-likeness (QED) is 0.661. The molecule has 0 aliphatic heterocycles. The van der Waals surface area contributed by atoms with Crippen molar-refractivity contribution in [3.05, 3.63) is 58.4 Å². The SMILES string of the molecule is O=[N+]([O-])c1cc(F)c(Nn2cccc2)c(F)c1. The predicted molar refractivity (Wildman–Crippen MR) is 56.5 cm³/mol. The molecule has 0 saturated carbocycles. The number of non-ortho nitro benzene ring substituents is 1. The van der Waals surface area contributed by atoms with Crippen LogP contribution in [0.15, 0.2) is 36.7 Å². The molecular weight excluding hydrogens is 232 g/mol. The molecule has 2 rings (SSSR count). The van der Waals surface area contributed by atoms with E-state index in [1.807, 2.05) is 0 Å². The summed E-state index contributed by atoms with van der Waals surface area (Å²) in [4.78, 5) is 9.52. The highest BCUT2D eigenvalue weighted by atomic mass is 19.1. The second kappa shape index (κ2) is 4.20. The Bertz CT molecular complexity index is 532. The minimum absolute atomic E-state index is 0.438. The van der Waals surface area contributed by atoms with Crippen molar-refractivity contribution in [2.75, 3.05) is 5.43 Å². The molecule has 7 heteroatoms. The fraction of sp³-hybridized carbons (Fsp3) is 0. The molecule has 1 aromatic carbocycles. The normalized spacial score (nSPS) is 10.2. The van der Waals surface area contributed by atoms with Crippen molar-refractivity contribution in [2.45, 2.75) is 0 Å². The van der Waals surface area contributed by atoms with Crippen LogP contribution in [0.2, 0.25) is 0 Å². The van der Waals surface area contributed by atoms with Crippen molar-refractivity contribution < 1.29 is 13.7 Å². The summed E-state index contributed by atoms with van der Waals surface area (Å²) >= 11 is 0. The van der Waals surface area contributed by atoms with Crippen molar-refractivity contribution in [3.8, 4) is 0 Å². The molecule has 0 radical (unpaired) electrons. The Labute approximate surface area is 94.4 Å². The van der Waals surface area contributed by atoms with Crippen molar-refractivity contribution in [1.82, 2.24) is 4.68 Å². The Hall–Kier alpha value is -2.44. The van der Waals surface area contributed by atoms with E-state index < -0.39 is 27.9 Å². The molecule has 0 saturated heterocycles. The molecule has 0 spiro atoms. The average molecular weight is 239 g/mol. The van der Waals surface area contributed by atoms with E-state index in [4.69, 9.17) is 0 Å². The Morgan fingerprint density at radius 2 is 1.71 bits per heavy atom. The van der Waals surface area contributed by atoms with Gasteiger partial charge in [-0.3, -0.25) is 20.2 Å². The first-order valence-electron chi connectivity index (χ1n) is 4.61. The number of nitrogens with zero attached hydrogens (tertiary/aromatic N) is 2. The van der Waals surface area contributed by atoms with Gasteiger partial charge in [0.15, 0.2) is 11.6 Å². The van der Waals surface area contributed by atoms with Gasteiger partial charge in [-0.15, -0.1) is 0 Å². The molecule has 0 atom stereocenters. The van der Waals surface area contributed by atoms with Crippen molar-refractivity contribution in [2.24, 2.45) is 0 Å². The van der Waals surface area contributed by atoms with Gasteiger partial charge in [0.25, 0.3) is 5.69 Å². The van der Waals surface area contributed by atoms with Crippen LogP contribution < -0.4 is 5.43 Å². The number of rotatable bonds is 3. The van der Waals surface area contributed by atoms with E-state index >= 15 is 0 Å². The molecular formula is C10H7F2N3O2. The third-order valence-corrected chi connectivity index (χ3v) is 2.08. The Kier molecular flexibility index (Phi) is 2.73. The van der Waals surface area contributed by atoms with Gasteiger partial charge in [-0.1, -0.05) is 0 Å². The van der Waals surface area contributed by atoms with E-state index in [0.29, 0.717) is 12.1 Å². The maximum Gasteiger partial charge on any atom is 0.275 e. The molecule has 2 aromatic rings. The van der Waals surface area contributed by atoms with Gasteiger partial charge in [0, 0.05) is 12.4 Å². The van der Waals surface area contributed by atoms with Gasteiger partial charge in [0.2, 0.25) is 0 Å². The number of benzene rings is 1. The van der Waals surface area contributed by atoms with Gasteiger partial charge in [0.1, 0.15) is 5.69 Å². The molecule has 0 unspecified atom stereocenters. The minimum Gasteiger partial charge on any atom is -0.289 e. The lowest BCUT2D eigenvalue weighted by atomic mass is 10.2. The lowest BCUT2D eigenvalue weighted by molar-refractivity contribution is -0.385. The lowest BCUT2D eigenvalue weighted by Gasteiger charge is -2.09. The summed E-state index contributed by atoms with van der Waals surface area (Å²) in [5.41, 5.74) is 1.37. The number of hydrogen-bond acceptors (Lipinski definition) is 3. The van der Waals surface area contributed by atoms with E-state index in [1.54, 1.807) is 24.5 Å². The number of aromatic nitrogens is 1. The third kappa shape index (κ3) is 2.22. The number of nitro groups is 1. The van der Waals surface area contributed by atoms with Crippen LogP contribution in [0.3, 0.4) is 0 Å². The van der Waals surface area contributed by atoms with Gasteiger partial charge in [0.05, 0.1) is 17.1 Å². The van der Waals surface area contributed by atoms with Crippen LogP contribution >= 0.6 is 0 Å². The van der Waals surface area contributed by atoms with E-state index in [1.165, 1.54) is 4.68 Å². The van der Waals surface area contributed by atoms with Crippen molar-refractivity contribution >= 4 is 11.4 Å². The third-order valence-electron chi connectivity index (χ3n) is 2.08. The molecule has 5 nitrogen and oxygen atoms in total. The standard InChI is InChI=1S/C10H7F2N3O2/c11-8-5-7(15(16)17)6-9(12)10(8)13-14-3-1-2-4-14/h1-6,13H. The second-order valence-electron chi connectivity index (χ2n) is 3.24. The van der Waals surface area contributed by atoms with Crippen molar-refractivity contribution in [1.29, 1.82) is 0 Å². The summed E-state index contributed by atoms with van der Waals surface area (Å²) in [7, 11) is 0. The van der Waals surface area contributed by atoms with Crippen LogP contribution in [0.1, 0.15) is 0 Å². The number of anilines is 1. The largest absolute Gasteiger partial charge is 0.289 e. The number of halogens is 2. The number of nitrogens with one attached hydrogen (secondary N) is 1. The van der Waals surface area contributed by atoms with E-state index in [-0.39, 0.29) is 0 Å². The fourth-order valence-electron chi connectivity index (χ4n) is 1.31. The maximum absolute atomic E-state index is 13.4. The fourth-order valence-corrected chi connectivity index (χ4v) is 1.31. The van der Waals surface area contributed by atoms with Gasteiger partial charge < -0.3 is 0 Å². The topological polar surface area (TPSA) is 60.1 Å². The first-order valence-corrected chi connectivity index (χ1v) is 4.61. The summed E-state index contributed by atoms with van der Waals surface area (Å²) in [6.45, 7) is 0. The average Bonchev–Trinajstić information content (AvgIpc) is 2.75. The molecule has 1 N–H and O–H groups in total. The van der Waals surface area contributed by atoms with E-state index in [0.717, 1.165) is 0 Å².